The van der Waals surface area contributed by atoms with E-state index in [1.54, 1.807) is 6.20 Å². The summed E-state index contributed by atoms with van der Waals surface area (Å²) in [6.45, 7) is 4.62. The minimum absolute atomic E-state index is 0.0176. The monoisotopic (exact) mass is 329 g/mol. The molecule has 0 saturated carbocycles. The zero-order chi connectivity index (χ0) is 17.2. The zero-order valence-corrected chi connectivity index (χ0v) is 14.5. The number of aromatic nitrogens is 2. The lowest BCUT2D eigenvalue weighted by Crippen LogP contribution is -2.24. The van der Waals surface area contributed by atoms with Gasteiger partial charge in [-0.2, -0.15) is 0 Å². The van der Waals surface area contributed by atoms with Crippen molar-refractivity contribution in [3.63, 3.8) is 0 Å². The average molecular weight is 329 g/mol. The van der Waals surface area contributed by atoms with Crippen LogP contribution in [0.3, 0.4) is 0 Å². The smallest absolute Gasteiger partial charge is 0.179 e. The highest BCUT2D eigenvalue weighted by Gasteiger charge is 2.12. The van der Waals surface area contributed by atoms with Gasteiger partial charge in [-0.1, -0.05) is 43.7 Å². The second-order valence-electron chi connectivity index (χ2n) is 5.88. The number of aliphatic hydroxyl groups is 1. The quantitative estimate of drug-likeness (QED) is 0.654. The molecule has 0 aliphatic carbocycles. The Morgan fingerprint density at radius 3 is 2.75 bits per heavy atom. The zero-order valence-electron chi connectivity index (χ0n) is 14.5. The molecule has 0 aliphatic heterocycles. The predicted molar refractivity (Wildman–Crippen MR) is 96.4 cm³/mol. The highest BCUT2D eigenvalue weighted by atomic mass is 16.5. The first-order chi connectivity index (χ1) is 11.7. The highest BCUT2D eigenvalue weighted by Crippen LogP contribution is 2.22. The van der Waals surface area contributed by atoms with Crippen molar-refractivity contribution in [3.8, 4) is 5.75 Å². The van der Waals surface area contributed by atoms with Gasteiger partial charge in [0, 0.05) is 0 Å². The first-order valence-corrected chi connectivity index (χ1v) is 8.60. The lowest BCUT2D eigenvalue weighted by molar-refractivity contribution is 0.267. The van der Waals surface area contributed by atoms with E-state index >= 15 is 0 Å². The molecule has 0 amide bonds. The summed E-state index contributed by atoms with van der Waals surface area (Å²) in [4.78, 5) is 8.64. The summed E-state index contributed by atoms with van der Waals surface area (Å²) in [5.41, 5.74) is 1.31. The third kappa shape index (κ3) is 5.81. The van der Waals surface area contributed by atoms with Gasteiger partial charge in [0.2, 0.25) is 0 Å². The van der Waals surface area contributed by atoms with Gasteiger partial charge in [-0.25, -0.2) is 9.97 Å². The van der Waals surface area contributed by atoms with Crippen molar-refractivity contribution in [2.75, 3.05) is 18.5 Å². The number of ether oxygens (including phenoxy) is 1. The summed E-state index contributed by atoms with van der Waals surface area (Å²) in [5, 5.41) is 12.7. The Kier molecular flexibility index (Phi) is 7.49. The summed E-state index contributed by atoms with van der Waals surface area (Å²) < 4.78 is 5.87. The lowest BCUT2D eigenvalue weighted by Gasteiger charge is -2.18. The van der Waals surface area contributed by atoms with E-state index in [1.807, 2.05) is 13.0 Å². The molecule has 1 unspecified atom stereocenters. The summed E-state index contributed by atoms with van der Waals surface area (Å²) >= 11 is 0. The molecular formula is C19H27N3O2. The third-order valence-corrected chi connectivity index (χ3v) is 3.78. The SMILES string of the molecule is CCCC(CO)Nc1nc(C)ncc1OCCCc1ccccc1. The van der Waals surface area contributed by atoms with E-state index in [9.17, 15) is 5.11 Å². The van der Waals surface area contributed by atoms with Crippen LogP contribution in [-0.4, -0.2) is 34.3 Å². The van der Waals surface area contributed by atoms with Gasteiger partial charge < -0.3 is 15.2 Å². The number of nitrogens with one attached hydrogen (secondary N) is 1. The second kappa shape index (κ2) is 9.88. The van der Waals surface area contributed by atoms with E-state index in [4.69, 9.17) is 4.74 Å². The summed E-state index contributed by atoms with van der Waals surface area (Å²) in [6, 6.07) is 10.4. The lowest BCUT2D eigenvalue weighted by atomic mass is 10.1. The first-order valence-electron chi connectivity index (χ1n) is 8.60. The van der Waals surface area contributed by atoms with Crippen LogP contribution in [0.4, 0.5) is 5.82 Å². The number of rotatable bonds is 10. The maximum Gasteiger partial charge on any atom is 0.179 e. The Labute approximate surface area is 144 Å². The normalized spacial score (nSPS) is 12.0. The van der Waals surface area contributed by atoms with Crippen LogP contribution in [0.25, 0.3) is 0 Å². The largest absolute Gasteiger partial charge is 0.488 e. The molecule has 0 fully saturated rings. The fraction of sp³-hybridized carbons (Fsp3) is 0.474. The molecule has 2 rings (SSSR count). The van der Waals surface area contributed by atoms with Crippen molar-refractivity contribution in [1.82, 2.24) is 9.97 Å². The Morgan fingerprint density at radius 2 is 2.04 bits per heavy atom. The molecule has 24 heavy (non-hydrogen) atoms. The molecule has 0 spiro atoms. The summed E-state index contributed by atoms with van der Waals surface area (Å²) in [7, 11) is 0. The molecule has 2 N–H and O–H groups in total. The van der Waals surface area contributed by atoms with Crippen LogP contribution < -0.4 is 10.1 Å². The molecule has 5 heteroatoms. The van der Waals surface area contributed by atoms with Gasteiger partial charge in [0.05, 0.1) is 25.5 Å². The number of aliphatic hydroxyl groups excluding tert-OH is 1. The molecular weight excluding hydrogens is 302 g/mol. The van der Waals surface area contributed by atoms with Crippen LogP contribution in [0, 0.1) is 6.92 Å². The summed E-state index contributed by atoms with van der Waals surface area (Å²) in [5.74, 6) is 1.99. The number of aryl methyl sites for hydroxylation is 2. The maximum atomic E-state index is 9.47. The van der Waals surface area contributed by atoms with Gasteiger partial charge in [-0.15, -0.1) is 0 Å². The molecule has 0 saturated heterocycles. The number of hydrogen-bond acceptors (Lipinski definition) is 5. The fourth-order valence-corrected chi connectivity index (χ4v) is 2.52. The third-order valence-electron chi connectivity index (χ3n) is 3.78. The van der Waals surface area contributed by atoms with Crippen molar-refractivity contribution >= 4 is 5.82 Å². The minimum Gasteiger partial charge on any atom is -0.488 e. The van der Waals surface area contributed by atoms with Crippen LogP contribution in [0.15, 0.2) is 36.5 Å². The van der Waals surface area contributed by atoms with Gasteiger partial charge in [-0.3, -0.25) is 0 Å². The number of hydrogen-bond donors (Lipinski definition) is 2. The van der Waals surface area contributed by atoms with Crippen LogP contribution >= 0.6 is 0 Å². The van der Waals surface area contributed by atoms with Gasteiger partial charge in [-0.05, 0) is 31.7 Å². The van der Waals surface area contributed by atoms with E-state index in [-0.39, 0.29) is 12.6 Å². The van der Waals surface area contributed by atoms with Crippen LogP contribution in [0.1, 0.15) is 37.6 Å². The Bertz CT molecular complexity index is 605. The molecule has 0 aliphatic rings. The molecule has 130 valence electrons. The average Bonchev–Trinajstić information content (AvgIpc) is 2.60. The van der Waals surface area contributed by atoms with Crippen molar-refractivity contribution in [1.29, 1.82) is 0 Å². The number of benzene rings is 1. The Balaban J connectivity index is 1.91. The van der Waals surface area contributed by atoms with E-state index in [0.717, 1.165) is 25.7 Å². The van der Waals surface area contributed by atoms with E-state index < -0.39 is 0 Å². The van der Waals surface area contributed by atoms with Crippen molar-refractivity contribution in [2.45, 2.75) is 45.6 Å². The molecule has 0 radical (unpaired) electrons. The molecule has 0 bridgehead atoms. The van der Waals surface area contributed by atoms with Crippen LogP contribution in [0.5, 0.6) is 5.75 Å². The van der Waals surface area contributed by atoms with E-state index in [1.165, 1.54) is 5.56 Å². The Morgan fingerprint density at radius 1 is 1.25 bits per heavy atom. The van der Waals surface area contributed by atoms with Gasteiger partial charge in [0.1, 0.15) is 5.82 Å². The predicted octanol–water partition coefficient (Wildman–Crippen LogP) is 3.37. The molecule has 1 heterocycles. The maximum absolute atomic E-state index is 9.47. The fourth-order valence-electron chi connectivity index (χ4n) is 2.52. The molecule has 1 atom stereocenters. The van der Waals surface area contributed by atoms with Crippen LogP contribution in [-0.2, 0) is 6.42 Å². The standard InChI is InChI=1S/C19H27N3O2/c1-3-8-17(14-23)22-19-18(13-20-15(2)21-19)24-12-7-11-16-9-5-4-6-10-16/h4-6,9-10,13,17,23H,3,7-8,11-12,14H2,1-2H3,(H,20,21,22). The summed E-state index contributed by atoms with van der Waals surface area (Å²) in [6.07, 6.45) is 5.48. The van der Waals surface area contributed by atoms with E-state index in [0.29, 0.717) is 24.0 Å². The van der Waals surface area contributed by atoms with Gasteiger partial charge >= 0.3 is 0 Å². The Hall–Kier alpha value is -2.14. The van der Waals surface area contributed by atoms with Crippen molar-refractivity contribution < 1.29 is 9.84 Å². The minimum atomic E-state index is -0.0176. The molecule has 2 aromatic rings. The van der Waals surface area contributed by atoms with Crippen molar-refractivity contribution in [3.05, 3.63) is 47.9 Å². The molecule has 1 aromatic heterocycles. The topological polar surface area (TPSA) is 67.3 Å². The number of nitrogens with zero attached hydrogens (tertiary/aromatic N) is 2. The first kappa shape index (κ1) is 18.2. The highest BCUT2D eigenvalue weighted by molar-refractivity contribution is 5.49. The van der Waals surface area contributed by atoms with Crippen LogP contribution in [0.2, 0.25) is 0 Å². The van der Waals surface area contributed by atoms with Gasteiger partial charge in [0.15, 0.2) is 11.6 Å². The second-order valence-corrected chi connectivity index (χ2v) is 5.88. The number of anilines is 1. The van der Waals surface area contributed by atoms with Gasteiger partial charge in [0.25, 0.3) is 0 Å². The van der Waals surface area contributed by atoms with E-state index in [2.05, 4.69) is 46.5 Å². The molecule has 1 aromatic carbocycles. The van der Waals surface area contributed by atoms with Crippen molar-refractivity contribution in [2.24, 2.45) is 0 Å². The molecule has 5 nitrogen and oxygen atoms in total.